The molecule has 1 N–H and O–H groups in total. The number of ether oxygens (including phenoxy) is 2. The summed E-state index contributed by atoms with van der Waals surface area (Å²) in [7, 11) is 1.43. The first kappa shape index (κ1) is 24.6. The molecule has 1 atom stereocenters. The quantitative estimate of drug-likeness (QED) is 0.277. The molecule has 0 bridgehead atoms. The van der Waals surface area contributed by atoms with E-state index in [4.69, 9.17) is 21.1 Å². The largest absolute Gasteiger partial charge is 0.468 e. The van der Waals surface area contributed by atoms with Gasteiger partial charge in [-0.05, 0) is 54.7 Å². The van der Waals surface area contributed by atoms with Crippen LogP contribution in [0.1, 0.15) is 37.0 Å². The fourth-order valence-electron chi connectivity index (χ4n) is 4.48. The number of rotatable bonds is 7. The lowest BCUT2D eigenvalue weighted by atomic mass is 9.94. The van der Waals surface area contributed by atoms with Gasteiger partial charge in [-0.15, -0.1) is 0 Å². The molecule has 37 heavy (non-hydrogen) atoms. The molecular weight excluding hydrogens is 490 g/mol. The number of halogens is 1. The zero-order chi connectivity index (χ0) is 26.0. The molecule has 0 aliphatic heterocycles. The Bertz CT molecular complexity index is 1430. The van der Waals surface area contributed by atoms with Crippen LogP contribution in [0.25, 0.3) is 16.8 Å². The summed E-state index contributed by atoms with van der Waals surface area (Å²) in [6.45, 7) is 1.77. The lowest BCUT2D eigenvalue weighted by molar-refractivity contribution is -0.143. The number of anilines is 1. The molecule has 3 aromatic carbocycles. The average molecular weight is 516 g/mol. The summed E-state index contributed by atoms with van der Waals surface area (Å²) in [5, 5.41) is 3.29. The van der Waals surface area contributed by atoms with Gasteiger partial charge in [-0.3, -0.25) is 14.7 Å². The maximum absolute atomic E-state index is 12.5. The molecule has 0 spiro atoms. The summed E-state index contributed by atoms with van der Waals surface area (Å²) in [5.41, 5.74) is 4.14. The van der Waals surface area contributed by atoms with Crippen LogP contribution in [-0.4, -0.2) is 28.7 Å². The van der Waals surface area contributed by atoms with Gasteiger partial charge in [0.1, 0.15) is 18.2 Å². The van der Waals surface area contributed by atoms with E-state index in [1.807, 2.05) is 66.7 Å². The predicted octanol–water partition coefficient (Wildman–Crippen LogP) is 6.71. The van der Waals surface area contributed by atoms with E-state index in [2.05, 4.69) is 10.3 Å². The molecule has 1 fully saturated rings. The number of nitrogens with one attached hydrogen (secondary N) is 1. The molecule has 1 heterocycles. The fourth-order valence-corrected chi connectivity index (χ4v) is 4.77. The molecule has 1 amide bonds. The third-order valence-electron chi connectivity index (χ3n) is 6.74. The molecule has 1 aliphatic carbocycles. The van der Waals surface area contributed by atoms with Gasteiger partial charge in [0, 0.05) is 16.3 Å². The van der Waals surface area contributed by atoms with Crippen molar-refractivity contribution in [1.29, 1.82) is 0 Å². The Morgan fingerprint density at radius 2 is 1.65 bits per heavy atom. The van der Waals surface area contributed by atoms with E-state index in [1.54, 1.807) is 30.1 Å². The Morgan fingerprint density at radius 3 is 2.27 bits per heavy atom. The van der Waals surface area contributed by atoms with E-state index in [0.717, 1.165) is 40.8 Å². The van der Waals surface area contributed by atoms with Gasteiger partial charge in [0.25, 0.3) is 0 Å². The Kier molecular flexibility index (Phi) is 6.72. The fraction of sp³-hybridized carbons (Fsp3) is 0.207. The number of carbonyl (C=O) groups is 2. The summed E-state index contributed by atoms with van der Waals surface area (Å²) >= 11 is 6.21. The van der Waals surface area contributed by atoms with Crippen molar-refractivity contribution in [2.45, 2.75) is 31.3 Å². The van der Waals surface area contributed by atoms with Gasteiger partial charge in [-0.1, -0.05) is 66.2 Å². The van der Waals surface area contributed by atoms with E-state index in [9.17, 15) is 9.59 Å². The first-order valence-corrected chi connectivity index (χ1v) is 12.3. The van der Waals surface area contributed by atoms with E-state index in [1.165, 1.54) is 7.11 Å². The van der Waals surface area contributed by atoms with Crippen molar-refractivity contribution in [2.75, 3.05) is 12.4 Å². The van der Waals surface area contributed by atoms with Crippen LogP contribution in [0.15, 0.2) is 85.3 Å². The molecule has 1 aromatic heterocycles. The highest BCUT2D eigenvalue weighted by Crippen LogP contribution is 2.49. The predicted molar refractivity (Wildman–Crippen MR) is 142 cm³/mol. The Balaban J connectivity index is 1.27. The van der Waals surface area contributed by atoms with Crippen molar-refractivity contribution < 1.29 is 19.1 Å². The number of hydrogen-bond donors (Lipinski definition) is 1. The Labute approximate surface area is 220 Å². The topological polar surface area (TPSA) is 82.5 Å². The van der Waals surface area contributed by atoms with Crippen LogP contribution in [0.4, 0.5) is 10.6 Å². The maximum Gasteiger partial charge on any atom is 0.413 e. The first-order valence-electron chi connectivity index (χ1n) is 12.0. The number of hydrogen-bond acceptors (Lipinski definition) is 5. The third kappa shape index (κ3) is 4.95. The lowest BCUT2D eigenvalue weighted by Gasteiger charge is -2.16. The Hall–Kier alpha value is -4.10. The Morgan fingerprint density at radius 1 is 1.00 bits per heavy atom. The molecule has 0 saturated heterocycles. The molecule has 188 valence electrons. The SMILES string of the molecule is COC(=O)C1(c2ccc(-c3ccc(-n4cncc4NC(=O)OC(C)c4ccccc4Cl)cc3)cc2)CC1. The van der Waals surface area contributed by atoms with E-state index < -0.39 is 17.6 Å². The molecular formula is C29H26ClN3O4. The summed E-state index contributed by atoms with van der Waals surface area (Å²) < 4.78 is 12.3. The van der Waals surface area contributed by atoms with Crippen molar-refractivity contribution in [3.8, 4) is 16.8 Å². The van der Waals surface area contributed by atoms with Gasteiger partial charge in [0.2, 0.25) is 0 Å². The smallest absolute Gasteiger partial charge is 0.413 e. The lowest BCUT2D eigenvalue weighted by Crippen LogP contribution is -2.21. The van der Waals surface area contributed by atoms with E-state index in [0.29, 0.717) is 10.8 Å². The number of nitrogens with zero attached hydrogens (tertiary/aromatic N) is 2. The van der Waals surface area contributed by atoms with E-state index >= 15 is 0 Å². The van der Waals surface area contributed by atoms with Crippen LogP contribution in [0.5, 0.6) is 0 Å². The molecule has 7 nitrogen and oxygen atoms in total. The zero-order valence-electron chi connectivity index (χ0n) is 20.5. The van der Waals surface area contributed by atoms with Crippen molar-refractivity contribution >= 4 is 29.5 Å². The second-order valence-corrected chi connectivity index (χ2v) is 9.45. The molecule has 1 unspecified atom stereocenters. The summed E-state index contributed by atoms with van der Waals surface area (Å²) in [6, 6.07) is 23.2. The highest BCUT2D eigenvalue weighted by Gasteiger charge is 2.52. The van der Waals surface area contributed by atoms with Crippen LogP contribution in [0, 0.1) is 0 Å². The van der Waals surface area contributed by atoms with Crippen LogP contribution >= 0.6 is 11.6 Å². The molecule has 1 saturated carbocycles. The number of aromatic nitrogens is 2. The number of amides is 1. The second-order valence-electron chi connectivity index (χ2n) is 9.04. The second kappa shape index (κ2) is 10.1. The molecule has 1 aliphatic rings. The number of benzene rings is 3. The van der Waals surface area contributed by atoms with Crippen LogP contribution in [-0.2, 0) is 19.7 Å². The average Bonchev–Trinajstić information content (AvgIpc) is 3.61. The van der Waals surface area contributed by atoms with Crippen molar-refractivity contribution in [1.82, 2.24) is 9.55 Å². The highest BCUT2D eigenvalue weighted by molar-refractivity contribution is 6.31. The standard InChI is InChI=1S/C29H26ClN3O4/c1-19(24-5-3-4-6-25(24)30)37-28(35)32-26-17-31-18-33(26)23-13-9-21(10-14-23)20-7-11-22(12-8-20)29(15-16-29)27(34)36-2/h3-14,17-19H,15-16H2,1-2H3,(H,32,35). The van der Waals surface area contributed by atoms with E-state index in [-0.39, 0.29) is 5.97 Å². The van der Waals surface area contributed by atoms with Crippen LogP contribution in [0.2, 0.25) is 5.02 Å². The maximum atomic E-state index is 12.5. The number of imidazole rings is 1. The molecule has 5 rings (SSSR count). The number of esters is 1. The van der Waals surface area contributed by atoms with Crippen LogP contribution in [0.3, 0.4) is 0 Å². The third-order valence-corrected chi connectivity index (χ3v) is 7.08. The molecule has 8 heteroatoms. The van der Waals surface area contributed by atoms with Crippen molar-refractivity contribution in [3.63, 3.8) is 0 Å². The van der Waals surface area contributed by atoms with Gasteiger partial charge >= 0.3 is 12.1 Å². The summed E-state index contributed by atoms with van der Waals surface area (Å²) in [4.78, 5) is 28.9. The molecule has 4 aromatic rings. The van der Waals surface area contributed by atoms with Gasteiger partial charge < -0.3 is 9.47 Å². The minimum Gasteiger partial charge on any atom is -0.468 e. The molecule has 0 radical (unpaired) electrons. The van der Waals surface area contributed by atoms with Gasteiger partial charge in [0.05, 0.1) is 18.7 Å². The number of carbonyl (C=O) groups excluding carboxylic acids is 2. The minimum atomic E-state index is -0.605. The van der Waals surface area contributed by atoms with Gasteiger partial charge in [-0.25, -0.2) is 9.78 Å². The highest BCUT2D eigenvalue weighted by atomic mass is 35.5. The summed E-state index contributed by atoms with van der Waals surface area (Å²) in [6.07, 6.45) is 3.70. The van der Waals surface area contributed by atoms with Crippen LogP contribution < -0.4 is 5.32 Å². The first-order chi connectivity index (χ1) is 17.9. The normalized spacial score (nSPS) is 14.5. The zero-order valence-corrected chi connectivity index (χ0v) is 21.2. The van der Waals surface area contributed by atoms with Gasteiger partial charge in [-0.2, -0.15) is 0 Å². The summed E-state index contributed by atoms with van der Waals surface area (Å²) in [5.74, 6) is 0.308. The minimum absolute atomic E-state index is 0.170. The monoisotopic (exact) mass is 515 g/mol. The van der Waals surface area contributed by atoms with Crippen molar-refractivity contribution in [2.24, 2.45) is 0 Å². The van der Waals surface area contributed by atoms with Crippen molar-refractivity contribution in [3.05, 3.63) is 101 Å². The number of methoxy groups -OCH3 is 1. The van der Waals surface area contributed by atoms with Gasteiger partial charge in [0.15, 0.2) is 0 Å².